The minimum absolute atomic E-state index is 0.494. The summed E-state index contributed by atoms with van der Waals surface area (Å²) in [6.45, 7) is 9.46. The number of rotatable bonds is 17. The molecule has 0 amide bonds. The highest BCUT2D eigenvalue weighted by atomic mass is 16.3. The zero-order chi connectivity index (χ0) is 28.2. The smallest absolute Gasteiger partial charge is 0.119 e. The molecule has 0 aromatic heterocycles. The van der Waals surface area contributed by atoms with Crippen LogP contribution in [0.25, 0.3) is 0 Å². The van der Waals surface area contributed by atoms with Crippen molar-refractivity contribution in [2.45, 2.75) is 129 Å². The van der Waals surface area contributed by atoms with Gasteiger partial charge in [-0.2, -0.15) is 0 Å². The molecule has 0 fully saturated rings. The number of nitrogens with zero attached hydrogens (tertiary/aromatic N) is 2. The van der Waals surface area contributed by atoms with E-state index in [4.69, 9.17) is 0 Å². The molecule has 40 heavy (non-hydrogen) atoms. The lowest BCUT2D eigenvalue weighted by molar-refractivity contribution is 0.174. The Bertz CT molecular complexity index is 940. The molecule has 2 atom stereocenters. The minimum Gasteiger partial charge on any atom is -0.508 e. The van der Waals surface area contributed by atoms with Crippen molar-refractivity contribution in [3.8, 4) is 11.5 Å². The van der Waals surface area contributed by atoms with E-state index < -0.39 is 0 Å². The van der Waals surface area contributed by atoms with Crippen LogP contribution < -0.4 is 0 Å². The van der Waals surface area contributed by atoms with Crippen molar-refractivity contribution in [3.63, 3.8) is 0 Å². The molecule has 2 N–H and O–H groups in total. The average Bonchev–Trinajstić information content (AvgIpc) is 2.97. The summed E-state index contributed by atoms with van der Waals surface area (Å²) in [5.74, 6) is 0.988. The van der Waals surface area contributed by atoms with Gasteiger partial charge in [0.2, 0.25) is 0 Å². The first-order valence-electron chi connectivity index (χ1n) is 16.7. The molecule has 0 heterocycles. The van der Waals surface area contributed by atoms with Crippen molar-refractivity contribution in [1.29, 1.82) is 0 Å². The molecule has 0 unspecified atom stereocenters. The molecule has 4 heteroatoms. The molecule has 4 rings (SSSR count). The Morgan fingerprint density at radius 3 is 1.38 bits per heavy atom. The van der Waals surface area contributed by atoms with Crippen LogP contribution in [-0.4, -0.2) is 58.3 Å². The molecule has 0 saturated heterocycles. The van der Waals surface area contributed by atoms with Gasteiger partial charge in [-0.05, 0) is 125 Å². The first kappa shape index (κ1) is 30.9. The highest BCUT2D eigenvalue weighted by Crippen LogP contribution is 2.32. The van der Waals surface area contributed by atoms with Crippen LogP contribution in [0, 0.1) is 0 Å². The number of hydrogen-bond acceptors (Lipinski definition) is 4. The number of aromatic hydroxyl groups is 2. The Morgan fingerprint density at radius 1 is 0.575 bits per heavy atom. The van der Waals surface area contributed by atoms with Gasteiger partial charge in [-0.15, -0.1) is 0 Å². The third kappa shape index (κ3) is 8.73. The Balaban J connectivity index is 1.07. The fraction of sp³-hybridized carbons (Fsp3) is 0.667. The first-order valence-corrected chi connectivity index (χ1v) is 16.7. The van der Waals surface area contributed by atoms with Crippen LogP contribution in [-0.2, 0) is 25.7 Å². The van der Waals surface area contributed by atoms with Crippen LogP contribution in [0.2, 0.25) is 0 Å². The Labute approximate surface area is 244 Å². The predicted octanol–water partition coefficient (Wildman–Crippen LogP) is 8.06. The Hall–Kier alpha value is -2.04. The molecule has 2 aliphatic rings. The molecular formula is C36H56N2O2. The lowest BCUT2D eigenvalue weighted by Crippen LogP contribution is -2.40. The van der Waals surface area contributed by atoms with E-state index in [1.165, 1.54) is 125 Å². The second-order valence-electron chi connectivity index (χ2n) is 12.5. The van der Waals surface area contributed by atoms with E-state index in [9.17, 15) is 10.2 Å². The maximum Gasteiger partial charge on any atom is 0.119 e. The minimum atomic E-state index is 0.494. The third-order valence-corrected chi connectivity index (χ3v) is 9.56. The van der Waals surface area contributed by atoms with Crippen LogP contribution >= 0.6 is 0 Å². The molecule has 0 radical (unpaired) electrons. The summed E-state index contributed by atoms with van der Waals surface area (Å²) in [6.07, 6.45) is 19.9. The number of benzene rings is 2. The number of unbranched alkanes of at least 4 members (excludes halogenated alkanes) is 7. The lowest BCUT2D eigenvalue weighted by Gasteiger charge is -2.35. The van der Waals surface area contributed by atoms with Gasteiger partial charge in [-0.25, -0.2) is 0 Å². The van der Waals surface area contributed by atoms with Gasteiger partial charge in [0.15, 0.2) is 0 Å². The van der Waals surface area contributed by atoms with E-state index in [-0.39, 0.29) is 0 Å². The molecule has 0 spiro atoms. The fourth-order valence-corrected chi connectivity index (χ4v) is 7.38. The summed E-state index contributed by atoms with van der Waals surface area (Å²) in [4.78, 5) is 5.48. The molecule has 0 bridgehead atoms. The third-order valence-electron chi connectivity index (χ3n) is 9.56. The largest absolute Gasteiger partial charge is 0.508 e. The van der Waals surface area contributed by atoms with Gasteiger partial charge in [0.1, 0.15) is 11.5 Å². The molecule has 222 valence electrons. The maximum absolute atomic E-state index is 10.2. The SMILES string of the molecule is CCCN(CCCCCCCCCCN(CCC)[C@H]1CCc2c(O)cccc2C1)[C@@H]1CCc2c(O)cccc2C1. The van der Waals surface area contributed by atoms with Crippen molar-refractivity contribution in [2.75, 3.05) is 26.2 Å². The fourth-order valence-electron chi connectivity index (χ4n) is 7.38. The molecule has 0 aliphatic heterocycles. The molecule has 2 aromatic rings. The monoisotopic (exact) mass is 548 g/mol. The standard InChI is InChI=1S/C36H56N2O2/c1-3-23-37(31-19-21-33-29(27-31)15-13-17-35(33)39)25-11-9-7-5-6-8-10-12-26-38(24-4-2)32-20-22-34-30(28-32)16-14-18-36(34)40/h13-18,31-32,39-40H,3-12,19-28H2,1-2H3/t31-,32+. The number of phenolic OH excluding ortho intramolecular Hbond substituents is 2. The second kappa shape index (κ2) is 16.4. The predicted molar refractivity (Wildman–Crippen MR) is 169 cm³/mol. The zero-order valence-electron chi connectivity index (χ0n) is 25.5. The van der Waals surface area contributed by atoms with Crippen molar-refractivity contribution >= 4 is 0 Å². The Kier molecular flexibility index (Phi) is 12.7. The second-order valence-corrected chi connectivity index (χ2v) is 12.5. The summed E-state index contributed by atoms with van der Waals surface area (Å²) in [6, 6.07) is 13.4. The van der Waals surface area contributed by atoms with Crippen molar-refractivity contribution in [1.82, 2.24) is 9.80 Å². The summed E-state index contributed by atoms with van der Waals surface area (Å²) >= 11 is 0. The van der Waals surface area contributed by atoms with Crippen molar-refractivity contribution < 1.29 is 10.2 Å². The van der Waals surface area contributed by atoms with Gasteiger partial charge in [-0.3, -0.25) is 0 Å². The quantitative estimate of drug-likeness (QED) is 0.196. The van der Waals surface area contributed by atoms with Crippen LogP contribution in [0.1, 0.15) is 113 Å². The van der Waals surface area contributed by atoms with E-state index >= 15 is 0 Å². The van der Waals surface area contributed by atoms with E-state index in [0.717, 1.165) is 25.7 Å². The highest BCUT2D eigenvalue weighted by Gasteiger charge is 2.26. The van der Waals surface area contributed by atoms with Crippen LogP contribution in [0.5, 0.6) is 11.5 Å². The van der Waals surface area contributed by atoms with Gasteiger partial charge < -0.3 is 20.0 Å². The zero-order valence-corrected chi connectivity index (χ0v) is 25.5. The topological polar surface area (TPSA) is 46.9 Å². The molecule has 0 saturated carbocycles. The summed E-state index contributed by atoms with van der Waals surface area (Å²) in [5, 5.41) is 20.4. The first-order chi connectivity index (χ1) is 19.6. The van der Waals surface area contributed by atoms with Crippen molar-refractivity contribution in [3.05, 3.63) is 58.7 Å². The van der Waals surface area contributed by atoms with Gasteiger partial charge in [0, 0.05) is 12.1 Å². The van der Waals surface area contributed by atoms with Crippen LogP contribution in [0.15, 0.2) is 36.4 Å². The van der Waals surface area contributed by atoms with Gasteiger partial charge >= 0.3 is 0 Å². The van der Waals surface area contributed by atoms with Crippen LogP contribution in [0.4, 0.5) is 0 Å². The normalized spacial score (nSPS) is 18.7. The highest BCUT2D eigenvalue weighted by molar-refractivity contribution is 5.42. The van der Waals surface area contributed by atoms with Crippen LogP contribution in [0.3, 0.4) is 0 Å². The van der Waals surface area contributed by atoms with Gasteiger partial charge in [0.25, 0.3) is 0 Å². The molecule has 2 aliphatic carbocycles. The number of hydrogen-bond donors (Lipinski definition) is 2. The summed E-state index contributed by atoms with van der Waals surface area (Å²) in [5.41, 5.74) is 5.10. The van der Waals surface area contributed by atoms with Crippen molar-refractivity contribution in [2.24, 2.45) is 0 Å². The molecule has 2 aromatic carbocycles. The van der Waals surface area contributed by atoms with E-state index in [0.29, 0.717) is 23.6 Å². The molecular weight excluding hydrogens is 492 g/mol. The van der Waals surface area contributed by atoms with Gasteiger partial charge in [0.05, 0.1) is 0 Å². The van der Waals surface area contributed by atoms with E-state index in [2.05, 4.69) is 35.8 Å². The maximum atomic E-state index is 10.2. The van der Waals surface area contributed by atoms with Gasteiger partial charge in [-0.1, -0.05) is 76.6 Å². The Morgan fingerprint density at radius 2 is 0.975 bits per heavy atom. The number of phenols is 2. The van der Waals surface area contributed by atoms with E-state index in [1.807, 2.05) is 24.3 Å². The van der Waals surface area contributed by atoms with E-state index in [1.54, 1.807) is 0 Å². The average molecular weight is 549 g/mol. The molecule has 4 nitrogen and oxygen atoms in total. The number of fused-ring (bicyclic) bond motifs is 2. The summed E-state index contributed by atoms with van der Waals surface area (Å²) in [7, 11) is 0. The summed E-state index contributed by atoms with van der Waals surface area (Å²) < 4.78 is 0. The lowest BCUT2D eigenvalue weighted by atomic mass is 9.86.